The first-order chi connectivity index (χ1) is 11.4. The van der Waals surface area contributed by atoms with Crippen LogP contribution in [0.1, 0.15) is 13.3 Å². The van der Waals surface area contributed by atoms with Crippen molar-refractivity contribution in [1.29, 1.82) is 0 Å². The number of hydrogen-bond donors (Lipinski definition) is 0. The molecule has 8 heteroatoms. The Morgan fingerprint density at radius 3 is 2.46 bits per heavy atom. The second kappa shape index (κ2) is 8.35. The predicted molar refractivity (Wildman–Crippen MR) is 93.3 cm³/mol. The molecule has 1 aromatic rings. The lowest BCUT2D eigenvalue weighted by molar-refractivity contribution is -0.135. The number of rotatable bonds is 5. The van der Waals surface area contributed by atoms with Crippen molar-refractivity contribution < 1.29 is 14.4 Å². The molecular weight excluding hydrogens is 353 g/mol. The minimum atomic E-state index is -0.210. The second-order valence-corrected chi connectivity index (χ2v) is 6.38. The average Bonchev–Trinajstić information content (AvgIpc) is 2.57. The van der Waals surface area contributed by atoms with Gasteiger partial charge in [0.1, 0.15) is 0 Å². The largest absolute Gasteiger partial charge is 0.342 e. The summed E-state index contributed by atoms with van der Waals surface area (Å²) in [5.74, 6) is -0.261. The molecule has 0 atom stereocenters. The van der Waals surface area contributed by atoms with Gasteiger partial charge >= 0.3 is 0 Å². The fourth-order valence-corrected chi connectivity index (χ4v) is 2.97. The number of benzene rings is 1. The van der Waals surface area contributed by atoms with Gasteiger partial charge < -0.3 is 14.7 Å². The zero-order valence-electron chi connectivity index (χ0n) is 13.4. The van der Waals surface area contributed by atoms with E-state index in [0.29, 0.717) is 41.9 Å². The van der Waals surface area contributed by atoms with E-state index in [0.717, 1.165) is 6.41 Å². The minimum absolute atomic E-state index is 0.0510. The highest BCUT2D eigenvalue weighted by Crippen LogP contribution is 2.29. The molecule has 0 bridgehead atoms. The number of hydrogen-bond acceptors (Lipinski definition) is 3. The van der Waals surface area contributed by atoms with Gasteiger partial charge in [-0.1, -0.05) is 23.2 Å². The number of carbonyl (C=O) groups is 3. The molecule has 1 heterocycles. The van der Waals surface area contributed by atoms with Gasteiger partial charge in [-0.3, -0.25) is 14.4 Å². The van der Waals surface area contributed by atoms with Gasteiger partial charge in [0.05, 0.1) is 10.7 Å². The normalized spacial score (nSPS) is 14.5. The molecule has 0 radical (unpaired) electrons. The Morgan fingerprint density at radius 2 is 1.88 bits per heavy atom. The van der Waals surface area contributed by atoms with E-state index < -0.39 is 0 Å². The van der Waals surface area contributed by atoms with E-state index in [1.54, 1.807) is 28.0 Å². The van der Waals surface area contributed by atoms with Crippen LogP contribution in [0.5, 0.6) is 0 Å². The molecule has 130 valence electrons. The van der Waals surface area contributed by atoms with Crippen LogP contribution in [0.25, 0.3) is 0 Å². The fraction of sp³-hybridized carbons (Fsp3) is 0.438. The topological polar surface area (TPSA) is 60.9 Å². The van der Waals surface area contributed by atoms with Gasteiger partial charge in [0.15, 0.2) is 0 Å². The molecule has 0 N–H and O–H groups in total. The van der Waals surface area contributed by atoms with Crippen LogP contribution in [0.15, 0.2) is 18.2 Å². The molecule has 1 fully saturated rings. The highest BCUT2D eigenvalue weighted by atomic mass is 35.5. The molecule has 0 aromatic heterocycles. The number of piperazine rings is 1. The Morgan fingerprint density at radius 1 is 1.21 bits per heavy atom. The molecule has 0 unspecified atom stereocenters. The number of halogens is 2. The summed E-state index contributed by atoms with van der Waals surface area (Å²) < 4.78 is 0. The molecule has 0 saturated carbocycles. The Labute approximate surface area is 150 Å². The number of carbonyl (C=O) groups excluding carboxylic acids is 3. The van der Waals surface area contributed by atoms with Gasteiger partial charge in [-0.05, 0) is 18.2 Å². The zero-order chi connectivity index (χ0) is 17.7. The monoisotopic (exact) mass is 371 g/mol. The van der Waals surface area contributed by atoms with Crippen molar-refractivity contribution in [1.82, 2.24) is 9.80 Å². The predicted octanol–water partition coefficient (Wildman–Crippen LogP) is 2.04. The standard InChI is InChI=1S/C16H19Cl2N3O3/c1-12(23)21(15-10-13(17)2-3-14(15)18)5-4-16(24)20-8-6-19(11-22)7-9-20/h2-3,10-11H,4-9H2,1H3. The van der Waals surface area contributed by atoms with Gasteiger partial charge in [-0.25, -0.2) is 0 Å². The van der Waals surface area contributed by atoms with Crippen LogP contribution in [0, 0.1) is 0 Å². The summed E-state index contributed by atoms with van der Waals surface area (Å²) in [6.07, 6.45) is 0.976. The van der Waals surface area contributed by atoms with E-state index in [1.165, 1.54) is 11.8 Å². The third-order valence-corrected chi connectivity index (χ3v) is 4.50. The first-order valence-electron chi connectivity index (χ1n) is 7.62. The smallest absolute Gasteiger partial charge is 0.224 e. The first kappa shape index (κ1) is 18.5. The van der Waals surface area contributed by atoms with Crippen LogP contribution in [0.3, 0.4) is 0 Å². The van der Waals surface area contributed by atoms with Gasteiger partial charge in [0.2, 0.25) is 18.2 Å². The summed E-state index contributed by atoms with van der Waals surface area (Å²) in [6, 6.07) is 4.87. The Kier molecular flexibility index (Phi) is 6.45. The summed E-state index contributed by atoms with van der Waals surface area (Å²) in [6.45, 7) is 3.73. The van der Waals surface area contributed by atoms with Crippen molar-refractivity contribution >= 4 is 47.1 Å². The average molecular weight is 372 g/mol. The third kappa shape index (κ3) is 4.61. The lowest BCUT2D eigenvalue weighted by atomic mass is 10.2. The van der Waals surface area contributed by atoms with E-state index >= 15 is 0 Å². The minimum Gasteiger partial charge on any atom is -0.342 e. The van der Waals surface area contributed by atoms with Crippen molar-refractivity contribution in [2.45, 2.75) is 13.3 Å². The molecule has 1 aliphatic heterocycles. The van der Waals surface area contributed by atoms with Crippen LogP contribution < -0.4 is 4.90 Å². The van der Waals surface area contributed by atoms with Crippen molar-refractivity contribution in [3.05, 3.63) is 28.2 Å². The fourth-order valence-electron chi connectivity index (χ4n) is 2.58. The maximum absolute atomic E-state index is 12.3. The van der Waals surface area contributed by atoms with Gasteiger partial charge in [-0.15, -0.1) is 0 Å². The lowest BCUT2D eigenvalue weighted by Crippen LogP contribution is -2.48. The molecule has 1 aromatic carbocycles. The van der Waals surface area contributed by atoms with E-state index in [2.05, 4.69) is 0 Å². The van der Waals surface area contributed by atoms with Crippen molar-refractivity contribution in [2.75, 3.05) is 37.6 Å². The summed E-state index contributed by atoms with van der Waals surface area (Å²) >= 11 is 12.1. The second-order valence-electron chi connectivity index (χ2n) is 5.54. The zero-order valence-corrected chi connectivity index (χ0v) is 14.9. The summed E-state index contributed by atoms with van der Waals surface area (Å²) in [5, 5.41) is 0.874. The van der Waals surface area contributed by atoms with E-state index in [4.69, 9.17) is 23.2 Å². The maximum atomic E-state index is 12.3. The Bertz CT molecular complexity index is 631. The molecule has 2 rings (SSSR count). The number of anilines is 1. The summed E-state index contributed by atoms with van der Waals surface area (Å²) in [7, 11) is 0. The van der Waals surface area contributed by atoms with Crippen LogP contribution in [0.4, 0.5) is 5.69 Å². The molecule has 1 aliphatic rings. The number of nitrogens with zero attached hydrogens (tertiary/aromatic N) is 3. The van der Waals surface area contributed by atoms with Gasteiger partial charge in [0, 0.05) is 51.1 Å². The van der Waals surface area contributed by atoms with Gasteiger partial charge in [0.25, 0.3) is 0 Å². The van der Waals surface area contributed by atoms with E-state index in [1.807, 2.05) is 0 Å². The van der Waals surface area contributed by atoms with Crippen LogP contribution in [-0.2, 0) is 14.4 Å². The Balaban J connectivity index is 1.99. The van der Waals surface area contributed by atoms with Crippen LogP contribution in [-0.4, -0.2) is 60.7 Å². The highest BCUT2D eigenvalue weighted by molar-refractivity contribution is 6.35. The third-order valence-electron chi connectivity index (χ3n) is 3.94. The van der Waals surface area contributed by atoms with Crippen LogP contribution in [0.2, 0.25) is 10.0 Å². The lowest BCUT2D eigenvalue weighted by Gasteiger charge is -2.33. The van der Waals surface area contributed by atoms with E-state index in [-0.39, 0.29) is 24.8 Å². The highest BCUT2D eigenvalue weighted by Gasteiger charge is 2.22. The Hall–Kier alpha value is -1.79. The summed E-state index contributed by atoms with van der Waals surface area (Å²) in [5.41, 5.74) is 0.496. The van der Waals surface area contributed by atoms with Crippen molar-refractivity contribution in [2.24, 2.45) is 0 Å². The molecule has 0 spiro atoms. The van der Waals surface area contributed by atoms with Crippen molar-refractivity contribution in [3.8, 4) is 0 Å². The molecule has 0 aliphatic carbocycles. The molecule has 24 heavy (non-hydrogen) atoms. The van der Waals surface area contributed by atoms with Crippen LogP contribution >= 0.6 is 23.2 Å². The maximum Gasteiger partial charge on any atom is 0.224 e. The van der Waals surface area contributed by atoms with Crippen molar-refractivity contribution in [3.63, 3.8) is 0 Å². The van der Waals surface area contributed by atoms with Gasteiger partial charge in [-0.2, -0.15) is 0 Å². The molecular formula is C16H19Cl2N3O3. The molecule has 3 amide bonds. The molecule has 1 saturated heterocycles. The summed E-state index contributed by atoms with van der Waals surface area (Å²) in [4.78, 5) is 39.8. The SMILES string of the molecule is CC(=O)N(CCC(=O)N1CCN(C=O)CC1)c1cc(Cl)ccc1Cl. The first-order valence-corrected chi connectivity index (χ1v) is 8.38. The number of amides is 3. The van der Waals surface area contributed by atoms with E-state index in [9.17, 15) is 14.4 Å². The quantitative estimate of drug-likeness (QED) is 0.744. The molecule has 6 nitrogen and oxygen atoms in total.